The van der Waals surface area contributed by atoms with Gasteiger partial charge in [-0.15, -0.1) is 12.4 Å². The SMILES string of the molecule is Cl.N[C@H](CC(F)(F)F)c1ccc(F)cc1C(F)(F)F. The number of hydrogen-bond donors (Lipinski definition) is 1. The second-order valence-electron chi connectivity index (χ2n) is 3.66. The van der Waals surface area contributed by atoms with Crippen molar-refractivity contribution < 1.29 is 30.7 Å². The zero-order valence-electron chi connectivity index (χ0n) is 9.15. The van der Waals surface area contributed by atoms with Crippen molar-refractivity contribution in [2.75, 3.05) is 0 Å². The van der Waals surface area contributed by atoms with Crippen molar-refractivity contribution in [2.45, 2.75) is 24.8 Å². The number of hydrogen-bond acceptors (Lipinski definition) is 1. The van der Waals surface area contributed by atoms with Crippen LogP contribution in [0.2, 0.25) is 0 Å². The van der Waals surface area contributed by atoms with Crippen LogP contribution in [-0.2, 0) is 6.18 Å². The summed E-state index contributed by atoms with van der Waals surface area (Å²) in [5, 5.41) is 0. The molecular formula is C10H9ClF7N. The van der Waals surface area contributed by atoms with E-state index in [4.69, 9.17) is 5.73 Å². The zero-order chi connectivity index (χ0) is 14.1. The average Bonchev–Trinajstić information content (AvgIpc) is 2.13. The Bertz CT molecular complexity index is 427. The van der Waals surface area contributed by atoms with E-state index in [2.05, 4.69) is 0 Å². The van der Waals surface area contributed by atoms with Crippen molar-refractivity contribution in [1.29, 1.82) is 0 Å². The Labute approximate surface area is 110 Å². The molecule has 2 N–H and O–H groups in total. The molecular weight excluding hydrogens is 303 g/mol. The van der Waals surface area contributed by atoms with Crippen molar-refractivity contribution in [2.24, 2.45) is 5.73 Å². The summed E-state index contributed by atoms with van der Waals surface area (Å²) in [7, 11) is 0. The fourth-order valence-corrected chi connectivity index (χ4v) is 1.46. The molecule has 1 atom stereocenters. The molecule has 0 aromatic heterocycles. The quantitative estimate of drug-likeness (QED) is 0.813. The molecule has 0 saturated heterocycles. The van der Waals surface area contributed by atoms with Gasteiger partial charge in [0.05, 0.1) is 12.0 Å². The van der Waals surface area contributed by atoms with E-state index in [1.54, 1.807) is 0 Å². The van der Waals surface area contributed by atoms with Gasteiger partial charge < -0.3 is 5.73 Å². The van der Waals surface area contributed by atoms with Gasteiger partial charge in [-0.25, -0.2) is 4.39 Å². The lowest BCUT2D eigenvalue weighted by Gasteiger charge is -2.19. The van der Waals surface area contributed by atoms with Crippen LogP contribution in [0.15, 0.2) is 18.2 Å². The predicted octanol–water partition coefficient (Wildman–Crippen LogP) is 4.22. The lowest BCUT2D eigenvalue weighted by molar-refractivity contribution is -0.144. The highest BCUT2D eigenvalue weighted by Crippen LogP contribution is 2.37. The third-order valence-corrected chi connectivity index (χ3v) is 2.17. The molecule has 0 spiro atoms. The van der Waals surface area contributed by atoms with Gasteiger partial charge in [-0.05, 0) is 17.7 Å². The number of alkyl halides is 6. The first-order chi connectivity index (χ1) is 8.00. The van der Waals surface area contributed by atoms with E-state index in [0.29, 0.717) is 12.1 Å². The fraction of sp³-hybridized carbons (Fsp3) is 0.400. The molecule has 1 aromatic carbocycles. The maximum absolute atomic E-state index is 12.7. The summed E-state index contributed by atoms with van der Waals surface area (Å²) < 4.78 is 86.5. The molecule has 0 saturated carbocycles. The van der Waals surface area contributed by atoms with Gasteiger partial charge in [0.1, 0.15) is 5.82 Å². The minimum Gasteiger partial charge on any atom is -0.324 e. The van der Waals surface area contributed by atoms with Gasteiger partial charge >= 0.3 is 12.4 Å². The van der Waals surface area contributed by atoms with Crippen LogP contribution in [0.5, 0.6) is 0 Å². The Morgan fingerprint density at radius 1 is 1.05 bits per heavy atom. The molecule has 0 aliphatic carbocycles. The Morgan fingerprint density at radius 2 is 1.58 bits per heavy atom. The minimum atomic E-state index is -4.96. The predicted molar refractivity (Wildman–Crippen MR) is 56.3 cm³/mol. The van der Waals surface area contributed by atoms with Gasteiger partial charge in [-0.1, -0.05) is 6.07 Å². The number of nitrogens with two attached hydrogens (primary N) is 1. The highest BCUT2D eigenvalue weighted by Gasteiger charge is 2.38. The van der Waals surface area contributed by atoms with Crippen molar-refractivity contribution in [3.8, 4) is 0 Å². The van der Waals surface area contributed by atoms with Crippen LogP contribution < -0.4 is 5.73 Å². The lowest BCUT2D eigenvalue weighted by Crippen LogP contribution is -2.23. The van der Waals surface area contributed by atoms with Crippen LogP contribution in [0.25, 0.3) is 0 Å². The largest absolute Gasteiger partial charge is 0.416 e. The third-order valence-electron chi connectivity index (χ3n) is 2.17. The van der Waals surface area contributed by atoms with Crippen molar-refractivity contribution in [3.05, 3.63) is 35.1 Å². The summed E-state index contributed by atoms with van der Waals surface area (Å²) in [4.78, 5) is 0. The number of benzene rings is 1. The van der Waals surface area contributed by atoms with E-state index in [-0.39, 0.29) is 18.5 Å². The lowest BCUT2D eigenvalue weighted by atomic mass is 9.98. The van der Waals surface area contributed by atoms with E-state index >= 15 is 0 Å². The first-order valence-electron chi connectivity index (χ1n) is 4.69. The Balaban J connectivity index is 0.00000324. The van der Waals surface area contributed by atoms with Gasteiger partial charge in [0.2, 0.25) is 0 Å². The highest BCUT2D eigenvalue weighted by molar-refractivity contribution is 5.85. The molecule has 0 unspecified atom stereocenters. The maximum Gasteiger partial charge on any atom is 0.416 e. The summed E-state index contributed by atoms with van der Waals surface area (Å²) in [5.74, 6) is -1.19. The van der Waals surface area contributed by atoms with Crippen LogP contribution in [0, 0.1) is 5.82 Å². The molecule has 0 heterocycles. The minimum absolute atomic E-state index is 0. The number of rotatable bonds is 2. The normalized spacial score (nSPS) is 13.9. The van der Waals surface area contributed by atoms with Gasteiger partial charge in [0, 0.05) is 6.04 Å². The molecule has 0 aliphatic rings. The summed E-state index contributed by atoms with van der Waals surface area (Å²) in [6.45, 7) is 0. The summed E-state index contributed by atoms with van der Waals surface area (Å²) in [6, 6.07) is -0.497. The molecule has 0 fully saturated rings. The van der Waals surface area contributed by atoms with Gasteiger partial charge in [-0.3, -0.25) is 0 Å². The molecule has 1 rings (SSSR count). The van der Waals surface area contributed by atoms with E-state index < -0.39 is 41.8 Å². The van der Waals surface area contributed by atoms with Crippen LogP contribution in [-0.4, -0.2) is 6.18 Å². The molecule has 0 amide bonds. The van der Waals surface area contributed by atoms with Gasteiger partial charge in [0.25, 0.3) is 0 Å². The third kappa shape index (κ3) is 5.23. The average molecular weight is 312 g/mol. The molecule has 1 aromatic rings. The first kappa shape index (κ1) is 18.0. The summed E-state index contributed by atoms with van der Waals surface area (Å²) in [6.07, 6.45) is -11.3. The topological polar surface area (TPSA) is 26.0 Å². The van der Waals surface area contributed by atoms with Crippen LogP contribution in [0.4, 0.5) is 30.7 Å². The molecule has 1 nitrogen and oxygen atoms in total. The van der Waals surface area contributed by atoms with Crippen LogP contribution in [0.3, 0.4) is 0 Å². The monoisotopic (exact) mass is 311 g/mol. The maximum atomic E-state index is 12.7. The van der Waals surface area contributed by atoms with Crippen LogP contribution in [0.1, 0.15) is 23.6 Å². The van der Waals surface area contributed by atoms with E-state index in [1.807, 2.05) is 0 Å². The zero-order valence-corrected chi connectivity index (χ0v) is 9.96. The Kier molecular flexibility index (Phi) is 5.64. The standard InChI is InChI=1S/C10H8F7N.ClH/c11-5-1-2-6(7(3-5)10(15,16)17)8(18)4-9(12,13)14;/h1-3,8H,4,18H2;1H/t8-;/m1./s1. The Morgan fingerprint density at radius 3 is 2.00 bits per heavy atom. The molecule has 0 radical (unpaired) electrons. The van der Waals surface area contributed by atoms with Crippen molar-refractivity contribution in [1.82, 2.24) is 0 Å². The van der Waals surface area contributed by atoms with Gasteiger partial charge in [0.15, 0.2) is 0 Å². The first-order valence-corrected chi connectivity index (χ1v) is 4.69. The van der Waals surface area contributed by atoms with Gasteiger partial charge in [-0.2, -0.15) is 26.3 Å². The molecule has 9 heteroatoms. The molecule has 0 aliphatic heterocycles. The van der Waals surface area contributed by atoms with E-state index in [1.165, 1.54) is 0 Å². The van der Waals surface area contributed by atoms with Crippen molar-refractivity contribution >= 4 is 12.4 Å². The van der Waals surface area contributed by atoms with E-state index in [0.717, 1.165) is 0 Å². The molecule has 0 bridgehead atoms. The number of halogens is 8. The second-order valence-corrected chi connectivity index (χ2v) is 3.66. The summed E-state index contributed by atoms with van der Waals surface area (Å²) in [5.41, 5.74) is 2.82. The van der Waals surface area contributed by atoms with Crippen molar-refractivity contribution in [3.63, 3.8) is 0 Å². The molecule has 19 heavy (non-hydrogen) atoms. The Hall–Kier alpha value is -1.02. The molecule has 110 valence electrons. The second kappa shape index (κ2) is 5.96. The summed E-state index contributed by atoms with van der Waals surface area (Å²) >= 11 is 0. The van der Waals surface area contributed by atoms with Crippen LogP contribution >= 0.6 is 12.4 Å². The fourth-order valence-electron chi connectivity index (χ4n) is 1.46. The van der Waals surface area contributed by atoms with E-state index in [9.17, 15) is 30.7 Å². The highest BCUT2D eigenvalue weighted by atomic mass is 35.5. The smallest absolute Gasteiger partial charge is 0.324 e.